The van der Waals surface area contributed by atoms with Gasteiger partial charge in [0.25, 0.3) is 5.91 Å². The van der Waals surface area contributed by atoms with E-state index in [0.717, 1.165) is 27.0 Å². The van der Waals surface area contributed by atoms with Gasteiger partial charge in [0.15, 0.2) is 0 Å². The lowest BCUT2D eigenvalue weighted by Crippen LogP contribution is -2.41. The van der Waals surface area contributed by atoms with Gasteiger partial charge in [-0.3, -0.25) is 14.5 Å². The molecule has 142 valence electrons. The highest BCUT2D eigenvalue weighted by molar-refractivity contribution is 7.98. The molecule has 2 aromatic rings. The standard InChI is InChI=1S/C20H23N3O3S/c1-13(15-8-7-14-5-3-4-6-16(14)11-15)21-18(24)12-23-19(25)17(9-10-27-2)22-20(23)26/h3-8,11,13,17H,9-10,12H2,1-2H3,(H,21,24)(H,22,26)/t13-,17+/m1/s1. The zero-order chi connectivity index (χ0) is 19.4. The summed E-state index contributed by atoms with van der Waals surface area (Å²) in [5.74, 6) is 0.0858. The Morgan fingerprint density at radius 2 is 1.96 bits per heavy atom. The molecule has 0 bridgehead atoms. The van der Waals surface area contributed by atoms with Crippen molar-refractivity contribution in [3.8, 4) is 0 Å². The van der Waals surface area contributed by atoms with Gasteiger partial charge in [0.05, 0.1) is 6.04 Å². The number of nitrogens with one attached hydrogen (secondary N) is 2. The van der Waals surface area contributed by atoms with Gasteiger partial charge in [-0.1, -0.05) is 36.4 Å². The zero-order valence-corrected chi connectivity index (χ0v) is 16.2. The third-order valence-corrected chi connectivity index (χ3v) is 5.31. The minimum atomic E-state index is -0.532. The van der Waals surface area contributed by atoms with Crippen LogP contribution in [0.1, 0.15) is 24.9 Å². The van der Waals surface area contributed by atoms with Crippen LogP contribution in [0.3, 0.4) is 0 Å². The lowest BCUT2D eigenvalue weighted by atomic mass is 10.0. The normalized spacial score (nSPS) is 17.9. The molecule has 6 nitrogen and oxygen atoms in total. The van der Waals surface area contributed by atoms with Crippen LogP contribution >= 0.6 is 11.8 Å². The molecule has 0 spiro atoms. The third-order valence-electron chi connectivity index (χ3n) is 4.67. The molecular weight excluding hydrogens is 362 g/mol. The van der Waals surface area contributed by atoms with Crippen LogP contribution in [0.15, 0.2) is 42.5 Å². The van der Waals surface area contributed by atoms with Crippen molar-refractivity contribution in [2.24, 2.45) is 0 Å². The number of fused-ring (bicyclic) bond motifs is 1. The summed E-state index contributed by atoms with van der Waals surface area (Å²) in [6, 6.07) is 12.8. The van der Waals surface area contributed by atoms with Gasteiger partial charge in [-0.05, 0) is 47.8 Å². The molecule has 1 fully saturated rings. The van der Waals surface area contributed by atoms with E-state index < -0.39 is 12.1 Å². The van der Waals surface area contributed by atoms with Crippen LogP contribution in [0, 0.1) is 0 Å². The van der Waals surface area contributed by atoms with Crippen LogP contribution < -0.4 is 10.6 Å². The fourth-order valence-corrected chi connectivity index (χ4v) is 3.62. The van der Waals surface area contributed by atoms with Crippen LogP contribution in [-0.2, 0) is 9.59 Å². The van der Waals surface area contributed by atoms with E-state index in [-0.39, 0.29) is 24.4 Å². The number of rotatable bonds is 7. The van der Waals surface area contributed by atoms with Gasteiger partial charge in [-0.15, -0.1) is 0 Å². The Balaban J connectivity index is 1.61. The molecule has 1 aliphatic heterocycles. The number of carbonyl (C=O) groups excluding carboxylic acids is 3. The molecular formula is C20H23N3O3S. The summed E-state index contributed by atoms with van der Waals surface area (Å²) in [7, 11) is 0. The van der Waals surface area contributed by atoms with Crippen LogP contribution in [0.5, 0.6) is 0 Å². The van der Waals surface area contributed by atoms with Gasteiger partial charge in [-0.25, -0.2) is 4.79 Å². The number of amides is 4. The second kappa shape index (κ2) is 8.43. The van der Waals surface area contributed by atoms with Crippen molar-refractivity contribution in [2.45, 2.75) is 25.4 Å². The topological polar surface area (TPSA) is 78.5 Å². The Kier molecular flexibility index (Phi) is 6.01. The molecule has 2 aromatic carbocycles. The highest BCUT2D eigenvalue weighted by atomic mass is 32.2. The van der Waals surface area contributed by atoms with Crippen molar-refractivity contribution in [1.82, 2.24) is 15.5 Å². The van der Waals surface area contributed by atoms with E-state index in [1.807, 2.05) is 55.6 Å². The Labute approximate surface area is 162 Å². The highest BCUT2D eigenvalue weighted by Crippen LogP contribution is 2.20. The fraction of sp³-hybridized carbons (Fsp3) is 0.350. The summed E-state index contributed by atoms with van der Waals surface area (Å²) in [5.41, 5.74) is 0.970. The average molecular weight is 385 g/mol. The van der Waals surface area contributed by atoms with Crippen LogP contribution in [0.2, 0.25) is 0 Å². The molecule has 2 atom stereocenters. The van der Waals surface area contributed by atoms with E-state index in [2.05, 4.69) is 10.6 Å². The van der Waals surface area contributed by atoms with Gasteiger partial charge in [-0.2, -0.15) is 11.8 Å². The van der Waals surface area contributed by atoms with E-state index >= 15 is 0 Å². The Hall–Kier alpha value is -2.54. The van der Waals surface area contributed by atoms with E-state index in [1.165, 1.54) is 0 Å². The van der Waals surface area contributed by atoms with E-state index in [0.29, 0.717) is 6.42 Å². The maximum atomic E-state index is 12.4. The number of hydrogen-bond acceptors (Lipinski definition) is 4. The van der Waals surface area contributed by atoms with Gasteiger partial charge in [0.2, 0.25) is 5.91 Å². The van der Waals surface area contributed by atoms with Gasteiger partial charge in [0, 0.05) is 0 Å². The molecule has 0 unspecified atom stereocenters. The lowest BCUT2D eigenvalue weighted by Gasteiger charge is -2.18. The first-order valence-corrected chi connectivity index (χ1v) is 10.3. The predicted octanol–water partition coefficient (Wildman–Crippen LogP) is 2.69. The highest BCUT2D eigenvalue weighted by Gasteiger charge is 2.38. The minimum Gasteiger partial charge on any atom is -0.348 e. The van der Waals surface area contributed by atoms with E-state index in [9.17, 15) is 14.4 Å². The SMILES string of the molecule is CSCC[C@@H]1NC(=O)N(CC(=O)N[C@H](C)c2ccc3ccccc3c2)C1=O. The molecule has 2 N–H and O–H groups in total. The Bertz CT molecular complexity index is 870. The number of urea groups is 1. The third kappa shape index (κ3) is 4.42. The summed E-state index contributed by atoms with van der Waals surface area (Å²) >= 11 is 1.61. The quantitative estimate of drug-likeness (QED) is 0.719. The van der Waals surface area contributed by atoms with Crippen molar-refractivity contribution in [2.75, 3.05) is 18.6 Å². The molecule has 1 aliphatic rings. The average Bonchev–Trinajstić information content (AvgIpc) is 2.93. The Morgan fingerprint density at radius 3 is 2.70 bits per heavy atom. The van der Waals surface area contributed by atoms with Gasteiger partial charge in [0.1, 0.15) is 12.6 Å². The molecule has 7 heteroatoms. The number of nitrogens with zero attached hydrogens (tertiary/aromatic N) is 1. The summed E-state index contributed by atoms with van der Waals surface area (Å²) in [6.45, 7) is 1.62. The molecule has 0 saturated carbocycles. The maximum Gasteiger partial charge on any atom is 0.325 e. The van der Waals surface area contributed by atoms with E-state index in [1.54, 1.807) is 11.8 Å². The molecule has 27 heavy (non-hydrogen) atoms. The van der Waals surface area contributed by atoms with Gasteiger partial charge >= 0.3 is 6.03 Å². The monoisotopic (exact) mass is 385 g/mol. The maximum absolute atomic E-state index is 12.4. The van der Waals surface area contributed by atoms with E-state index in [4.69, 9.17) is 0 Å². The summed E-state index contributed by atoms with van der Waals surface area (Å²) < 4.78 is 0. The summed E-state index contributed by atoms with van der Waals surface area (Å²) in [6.07, 6.45) is 2.51. The van der Waals surface area contributed by atoms with Crippen molar-refractivity contribution in [3.05, 3.63) is 48.0 Å². The lowest BCUT2D eigenvalue weighted by molar-refractivity contribution is -0.132. The number of imide groups is 1. The first-order valence-electron chi connectivity index (χ1n) is 8.88. The van der Waals surface area contributed by atoms with Crippen LogP contribution in [-0.4, -0.2) is 47.3 Å². The summed E-state index contributed by atoms with van der Waals surface area (Å²) in [4.78, 5) is 37.7. The Morgan fingerprint density at radius 1 is 1.22 bits per heavy atom. The van der Waals surface area contributed by atoms with Crippen molar-refractivity contribution in [1.29, 1.82) is 0 Å². The molecule has 4 amide bonds. The van der Waals surface area contributed by atoms with Crippen molar-refractivity contribution in [3.63, 3.8) is 0 Å². The fourth-order valence-electron chi connectivity index (χ4n) is 3.15. The molecule has 0 aliphatic carbocycles. The second-order valence-corrected chi connectivity index (χ2v) is 7.59. The van der Waals surface area contributed by atoms with Crippen LogP contribution in [0.4, 0.5) is 4.79 Å². The first kappa shape index (κ1) is 19.2. The smallest absolute Gasteiger partial charge is 0.325 e. The molecule has 0 aromatic heterocycles. The number of thioether (sulfide) groups is 1. The summed E-state index contributed by atoms with van der Waals surface area (Å²) in [5, 5.41) is 7.75. The van der Waals surface area contributed by atoms with Crippen molar-refractivity contribution >= 4 is 40.4 Å². The van der Waals surface area contributed by atoms with Crippen molar-refractivity contribution < 1.29 is 14.4 Å². The van der Waals surface area contributed by atoms with Gasteiger partial charge < -0.3 is 10.6 Å². The molecule has 0 radical (unpaired) electrons. The number of benzene rings is 2. The largest absolute Gasteiger partial charge is 0.348 e. The number of hydrogen-bond donors (Lipinski definition) is 2. The molecule has 3 rings (SSSR count). The zero-order valence-electron chi connectivity index (χ0n) is 15.4. The van der Waals surface area contributed by atoms with Crippen LogP contribution in [0.25, 0.3) is 10.8 Å². The second-order valence-electron chi connectivity index (χ2n) is 6.60. The molecule has 1 heterocycles. The minimum absolute atomic E-state index is 0.227. The molecule has 1 saturated heterocycles. The number of carbonyl (C=O) groups is 3. The predicted molar refractivity (Wildman–Crippen MR) is 108 cm³/mol. The first-order chi connectivity index (χ1) is 13.0.